The molecule has 0 aliphatic heterocycles. The zero-order chi connectivity index (χ0) is 12.8. The van der Waals surface area contributed by atoms with Gasteiger partial charge in [-0.3, -0.25) is 4.98 Å². The number of hydrogen-bond donors (Lipinski definition) is 1. The van der Waals surface area contributed by atoms with Crippen LogP contribution >= 0.6 is 11.6 Å². The highest BCUT2D eigenvalue weighted by Crippen LogP contribution is 2.22. The standard InChI is InChI=1S/C14H12ClN3/c15-13-9-11(10-16)4-5-14(13)18-8-6-12-3-1-2-7-17-12/h1-5,7,9,18H,6,8H2. The Kier molecular flexibility index (Phi) is 4.16. The third-order valence-corrected chi connectivity index (χ3v) is 2.83. The zero-order valence-corrected chi connectivity index (χ0v) is 10.5. The monoisotopic (exact) mass is 257 g/mol. The number of rotatable bonds is 4. The Morgan fingerprint density at radius 1 is 1.28 bits per heavy atom. The van der Waals surface area contributed by atoms with Crippen LogP contribution in [0.4, 0.5) is 5.69 Å². The third-order valence-electron chi connectivity index (χ3n) is 2.52. The normalized spacial score (nSPS) is 9.78. The number of nitrogens with one attached hydrogen (secondary N) is 1. The van der Waals surface area contributed by atoms with E-state index in [4.69, 9.17) is 16.9 Å². The Hall–Kier alpha value is -2.05. The number of benzene rings is 1. The van der Waals surface area contributed by atoms with Crippen molar-refractivity contribution in [3.8, 4) is 6.07 Å². The van der Waals surface area contributed by atoms with E-state index < -0.39 is 0 Å². The first kappa shape index (κ1) is 12.4. The van der Waals surface area contributed by atoms with Crippen LogP contribution in [0.5, 0.6) is 0 Å². The molecule has 90 valence electrons. The second kappa shape index (κ2) is 6.04. The van der Waals surface area contributed by atoms with Crippen molar-refractivity contribution >= 4 is 17.3 Å². The van der Waals surface area contributed by atoms with E-state index in [9.17, 15) is 0 Å². The van der Waals surface area contributed by atoms with E-state index in [0.29, 0.717) is 10.6 Å². The van der Waals surface area contributed by atoms with Crippen LogP contribution in [0, 0.1) is 11.3 Å². The first-order chi connectivity index (χ1) is 8.79. The molecule has 4 heteroatoms. The predicted octanol–water partition coefficient (Wildman–Crippen LogP) is 3.26. The number of halogens is 1. The van der Waals surface area contributed by atoms with Gasteiger partial charge in [-0.25, -0.2) is 0 Å². The zero-order valence-electron chi connectivity index (χ0n) is 9.73. The number of nitrogens with zero attached hydrogens (tertiary/aromatic N) is 2. The molecular formula is C14H12ClN3. The van der Waals surface area contributed by atoms with Gasteiger partial charge in [0.15, 0.2) is 0 Å². The lowest BCUT2D eigenvalue weighted by atomic mass is 10.2. The van der Waals surface area contributed by atoms with Crippen LogP contribution in [0.25, 0.3) is 0 Å². The molecule has 0 saturated heterocycles. The van der Waals surface area contributed by atoms with Crippen molar-refractivity contribution in [2.24, 2.45) is 0 Å². The molecule has 2 rings (SSSR count). The summed E-state index contributed by atoms with van der Waals surface area (Å²) in [5, 5.41) is 12.5. The van der Waals surface area contributed by atoms with Crippen molar-refractivity contribution in [2.75, 3.05) is 11.9 Å². The summed E-state index contributed by atoms with van der Waals surface area (Å²) in [6.45, 7) is 0.753. The molecule has 0 aliphatic carbocycles. The number of anilines is 1. The summed E-state index contributed by atoms with van der Waals surface area (Å²) in [5.74, 6) is 0. The lowest BCUT2D eigenvalue weighted by molar-refractivity contribution is 0.961. The minimum absolute atomic E-state index is 0.565. The molecular weight excluding hydrogens is 246 g/mol. The highest BCUT2D eigenvalue weighted by Gasteiger charge is 2.01. The van der Waals surface area contributed by atoms with Crippen LogP contribution in [-0.2, 0) is 6.42 Å². The van der Waals surface area contributed by atoms with Crippen LogP contribution in [-0.4, -0.2) is 11.5 Å². The largest absolute Gasteiger partial charge is 0.383 e. The number of pyridine rings is 1. The van der Waals surface area contributed by atoms with Crippen LogP contribution in [0.3, 0.4) is 0 Å². The molecule has 2 aromatic rings. The van der Waals surface area contributed by atoms with E-state index in [1.54, 1.807) is 18.3 Å². The van der Waals surface area contributed by atoms with Gasteiger partial charge >= 0.3 is 0 Å². The summed E-state index contributed by atoms with van der Waals surface area (Å²) in [6, 6.07) is 13.1. The Balaban J connectivity index is 1.93. The first-order valence-corrected chi connectivity index (χ1v) is 6.01. The van der Waals surface area contributed by atoms with Crippen LogP contribution < -0.4 is 5.32 Å². The molecule has 0 radical (unpaired) electrons. The van der Waals surface area contributed by atoms with Crippen molar-refractivity contribution in [1.82, 2.24) is 4.98 Å². The highest BCUT2D eigenvalue weighted by atomic mass is 35.5. The molecule has 1 aromatic carbocycles. The van der Waals surface area contributed by atoms with Gasteiger partial charge in [-0.15, -0.1) is 0 Å². The Labute approximate surface area is 111 Å². The van der Waals surface area contributed by atoms with Gasteiger partial charge in [-0.05, 0) is 30.3 Å². The number of aromatic nitrogens is 1. The molecule has 0 unspecified atom stereocenters. The average molecular weight is 258 g/mol. The quantitative estimate of drug-likeness (QED) is 0.915. The second-order valence-corrected chi connectivity index (χ2v) is 4.21. The molecule has 1 aromatic heterocycles. The van der Waals surface area contributed by atoms with E-state index in [-0.39, 0.29) is 0 Å². The maximum atomic E-state index is 8.74. The summed E-state index contributed by atoms with van der Waals surface area (Å²) in [7, 11) is 0. The minimum atomic E-state index is 0.565. The van der Waals surface area contributed by atoms with Crippen LogP contribution in [0.1, 0.15) is 11.3 Å². The fourth-order valence-corrected chi connectivity index (χ4v) is 1.85. The lowest BCUT2D eigenvalue weighted by Crippen LogP contribution is -2.06. The van der Waals surface area contributed by atoms with E-state index >= 15 is 0 Å². The molecule has 18 heavy (non-hydrogen) atoms. The molecule has 0 atom stereocenters. The van der Waals surface area contributed by atoms with Gasteiger partial charge in [-0.2, -0.15) is 5.26 Å². The van der Waals surface area contributed by atoms with Crippen molar-refractivity contribution in [3.63, 3.8) is 0 Å². The summed E-state index contributed by atoms with van der Waals surface area (Å²) < 4.78 is 0. The van der Waals surface area contributed by atoms with E-state index in [0.717, 1.165) is 24.3 Å². The molecule has 0 fully saturated rings. The van der Waals surface area contributed by atoms with Gasteiger partial charge in [0.1, 0.15) is 0 Å². The van der Waals surface area contributed by atoms with Gasteiger partial charge in [-0.1, -0.05) is 17.7 Å². The fourth-order valence-electron chi connectivity index (χ4n) is 1.60. The Morgan fingerprint density at radius 3 is 2.83 bits per heavy atom. The van der Waals surface area contributed by atoms with Gasteiger partial charge in [0.25, 0.3) is 0 Å². The van der Waals surface area contributed by atoms with Crippen molar-refractivity contribution in [3.05, 3.63) is 58.9 Å². The summed E-state index contributed by atoms with van der Waals surface area (Å²) in [4.78, 5) is 4.24. The molecule has 1 heterocycles. The van der Waals surface area contributed by atoms with Gasteiger partial charge < -0.3 is 5.32 Å². The molecule has 0 amide bonds. The Bertz CT molecular complexity index is 561. The van der Waals surface area contributed by atoms with Gasteiger partial charge in [0, 0.05) is 24.9 Å². The predicted molar refractivity (Wildman–Crippen MR) is 72.6 cm³/mol. The van der Waals surface area contributed by atoms with E-state index in [2.05, 4.69) is 16.4 Å². The molecule has 0 spiro atoms. The topological polar surface area (TPSA) is 48.7 Å². The number of nitriles is 1. The maximum absolute atomic E-state index is 8.74. The van der Waals surface area contributed by atoms with Crippen molar-refractivity contribution in [2.45, 2.75) is 6.42 Å². The molecule has 1 N–H and O–H groups in total. The maximum Gasteiger partial charge on any atom is 0.0992 e. The van der Waals surface area contributed by atoms with Gasteiger partial charge in [0.05, 0.1) is 22.3 Å². The van der Waals surface area contributed by atoms with Crippen molar-refractivity contribution < 1.29 is 0 Å². The van der Waals surface area contributed by atoms with E-state index in [1.165, 1.54) is 0 Å². The lowest BCUT2D eigenvalue weighted by Gasteiger charge is -2.08. The van der Waals surface area contributed by atoms with Crippen molar-refractivity contribution in [1.29, 1.82) is 5.26 Å². The average Bonchev–Trinajstić information content (AvgIpc) is 2.42. The smallest absolute Gasteiger partial charge is 0.0992 e. The minimum Gasteiger partial charge on any atom is -0.383 e. The van der Waals surface area contributed by atoms with E-state index in [1.807, 2.05) is 24.3 Å². The summed E-state index contributed by atoms with van der Waals surface area (Å²) >= 11 is 6.06. The SMILES string of the molecule is N#Cc1ccc(NCCc2ccccn2)c(Cl)c1. The van der Waals surface area contributed by atoms with Crippen LogP contribution in [0.2, 0.25) is 5.02 Å². The fraction of sp³-hybridized carbons (Fsp3) is 0.143. The van der Waals surface area contributed by atoms with Crippen LogP contribution in [0.15, 0.2) is 42.6 Å². The Morgan fingerprint density at radius 2 is 2.17 bits per heavy atom. The van der Waals surface area contributed by atoms with Gasteiger partial charge in [0.2, 0.25) is 0 Å². The molecule has 0 bridgehead atoms. The first-order valence-electron chi connectivity index (χ1n) is 5.63. The molecule has 0 aliphatic rings. The number of hydrogen-bond acceptors (Lipinski definition) is 3. The third kappa shape index (κ3) is 3.22. The highest BCUT2D eigenvalue weighted by molar-refractivity contribution is 6.33. The molecule has 3 nitrogen and oxygen atoms in total. The molecule has 0 saturated carbocycles. The summed E-state index contributed by atoms with van der Waals surface area (Å²) in [6.07, 6.45) is 2.61. The summed E-state index contributed by atoms with van der Waals surface area (Å²) in [5.41, 5.74) is 2.44. The second-order valence-electron chi connectivity index (χ2n) is 3.80.